The smallest absolute Gasteiger partial charge is 0.481 e. The van der Waals surface area contributed by atoms with E-state index in [4.69, 9.17) is 10.0 Å². The quantitative estimate of drug-likeness (QED) is 0.742. The zero-order valence-corrected chi connectivity index (χ0v) is 13.5. The summed E-state index contributed by atoms with van der Waals surface area (Å²) in [5.74, 6) is -0.759. The van der Waals surface area contributed by atoms with Gasteiger partial charge in [-0.15, -0.1) is 0 Å². The van der Waals surface area contributed by atoms with Gasteiger partial charge in [0.1, 0.15) is 0 Å². The maximum absolute atomic E-state index is 10.9. The Bertz CT molecular complexity index is 268. The molecule has 0 atom stereocenters. The molecule has 0 saturated heterocycles. The standard InChI is InChI=1S/C7H7BO4.2Zn/c9-7(12-8(10)11)6-4-2-1-3-5-6;;/h1-5,10-11H;;. The second-order valence-corrected chi connectivity index (χ2v) is 2.10. The van der Waals surface area contributed by atoms with Crippen LogP contribution in [0.5, 0.6) is 0 Å². The maximum atomic E-state index is 10.9. The normalized spacial score (nSPS) is 7.86. The van der Waals surface area contributed by atoms with Gasteiger partial charge < -0.3 is 14.7 Å². The molecule has 2 N–H and O–H groups in total. The van der Waals surface area contributed by atoms with Gasteiger partial charge in [-0.05, 0) is 12.1 Å². The molecule has 0 bridgehead atoms. The van der Waals surface area contributed by atoms with Crippen LogP contribution in [0.4, 0.5) is 0 Å². The van der Waals surface area contributed by atoms with Crippen LogP contribution in [-0.4, -0.2) is 23.3 Å². The fourth-order valence-corrected chi connectivity index (χ4v) is 0.738. The molecule has 66 valence electrons. The Hall–Kier alpha value is -0.0783. The van der Waals surface area contributed by atoms with Gasteiger partial charge in [0.2, 0.25) is 0 Å². The summed E-state index contributed by atoms with van der Waals surface area (Å²) in [5, 5.41) is 16.6. The van der Waals surface area contributed by atoms with Crippen molar-refractivity contribution >= 4 is 13.3 Å². The van der Waals surface area contributed by atoms with E-state index in [1.165, 1.54) is 12.1 Å². The van der Waals surface area contributed by atoms with E-state index in [-0.39, 0.29) is 44.5 Å². The molecule has 0 saturated carbocycles. The molecular weight excluding hydrogens is 290 g/mol. The molecule has 0 aliphatic rings. The molecule has 0 spiro atoms. The van der Waals surface area contributed by atoms with Crippen molar-refractivity contribution in [3.05, 3.63) is 35.9 Å². The van der Waals surface area contributed by atoms with Crippen molar-refractivity contribution in [3.63, 3.8) is 0 Å². The van der Waals surface area contributed by atoms with Crippen LogP contribution in [0.3, 0.4) is 0 Å². The van der Waals surface area contributed by atoms with E-state index in [0.29, 0.717) is 0 Å². The van der Waals surface area contributed by atoms with Gasteiger partial charge >= 0.3 is 13.3 Å². The first-order chi connectivity index (χ1) is 5.70. The Morgan fingerprint density at radius 3 is 2.07 bits per heavy atom. The maximum Gasteiger partial charge on any atom is 0.709 e. The second-order valence-electron chi connectivity index (χ2n) is 2.10. The fraction of sp³-hybridized carbons (Fsp3) is 0. The average molecular weight is 297 g/mol. The molecule has 0 aromatic heterocycles. The van der Waals surface area contributed by atoms with Gasteiger partial charge in [0, 0.05) is 39.0 Å². The zero-order valence-electron chi connectivity index (χ0n) is 7.59. The number of rotatable bonds is 2. The second kappa shape index (κ2) is 8.25. The van der Waals surface area contributed by atoms with Crippen molar-refractivity contribution in [2.75, 3.05) is 0 Å². The van der Waals surface area contributed by atoms with Crippen molar-refractivity contribution in [2.24, 2.45) is 0 Å². The van der Waals surface area contributed by atoms with E-state index >= 15 is 0 Å². The Balaban J connectivity index is 0. The molecule has 0 fully saturated rings. The molecular formula is C7H7BO4Zn2. The molecule has 0 radical (unpaired) electrons. The van der Waals surface area contributed by atoms with E-state index in [0.717, 1.165) is 0 Å². The first-order valence-electron chi connectivity index (χ1n) is 3.32. The van der Waals surface area contributed by atoms with Crippen LogP contribution in [0, 0.1) is 0 Å². The third kappa shape index (κ3) is 5.61. The van der Waals surface area contributed by atoms with Crippen molar-refractivity contribution in [1.82, 2.24) is 0 Å². The van der Waals surface area contributed by atoms with Crippen LogP contribution in [0.15, 0.2) is 30.3 Å². The molecule has 7 heteroatoms. The van der Waals surface area contributed by atoms with E-state index in [2.05, 4.69) is 4.65 Å². The molecule has 4 nitrogen and oxygen atoms in total. The van der Waals surface area contributed by atoms with Gasteiger partial charge in [-0.1, -0.05) is 18.2 Å². The van der Waals surface area contributed by atoms with Crippen LogP contribution in [0.1, 0.15) is 10.4 Å². The molecule has 1 rings (SSSR count). The summed E-state index contributed by atoms with van der Waals surface area (Å²) >= 11 is 0. The number of carbonyl (C=O) groups excluding carboxylic acids is 1. The third-order valence-electron chi connectivity index (χ3n) is 1.22. The Labute approximate surface area is 107 Å². The van der Waals surface area contributed by atoms with Crippen molar-refractivity contribution < 1.29 is 58.5 Å². The van der Waals surface area contributed by atoms with Gasteiger partial charge in [0.15, 0.2) is 0 Å². The van der Waals surface area contributed by atoms with Gasteiger partial charge in [0.25, 0.3) is 0 Å². The summed E-state index contributed by atoms with van der Waals surface area (Å²) in [6, 6.07) is 8.09. The number of hydrogen-bond acceptors (Lipinski definition) is 4. The van der Waals surface area contributed by atoms with E-state index in [1.807, 2.05) is 0 Å². The first-order valence-corrected chi connectivity index (χ1v) is 3.32. The summed E-state index contributed by atoms with van der Waals surface area (Å²) in [4.78, 5) is 10.9. The van der Waals surface area contributed by atoms with Crippen molar-refractivity contribution in [2.45, 2.75) is 0 Å². The summed E-state index contributed by atoms with van der Waals surface area (Å²) in [6.07, 6.45) is 0. The topological polar surface area (TPSA) is 66.8 Å². The zero-order chi connectivity index (χ0) is 8.97. The molecule has 0 aliphatic heterocycles. The summed E-state index contributed by atoms with van der Waals surface area (Å²) in [5.41, 5.74) is 0.283. The van der Waals surface area contributed by atoms with Gasteiger partial charge in [-0.25, -0.2) is 4.79 Å². The molecule has 14 heavy (non-hydrogen) atoms. The van der Waals surface area contributed by atoms with E-state index in [1.54, 1.807) is 18.2 Å². The van der Waals surface area contributed by atoms with Crippen LogP contribution in [0.2, 0.25) is 0 Å². The molecule has 0 unspecified atom stereocenters. The molecule has 0 heterocycles. The third-order valence-corrected chi connectivity index (χ3v) is 1.22. The summed E-state index contributed by atoms with van der Waals surface area (Å²) < 4.78 is 4.11. The monoisotopic (exact) mass is 294 g/mol. The predicted octanol–water partition coefficient (Wildman–Crippen LogP) is -0.192. The minimum Gasteiger partial charge on any atom is -0.481 e. The van der Waals surface area contributed by atoms with Crippen LogP contribution in [-0.2, 0) is 43.6 Å². The summed E-state index contributed by atoms with van der Waals surface area (Å²) in [6.45, 7) is 0. The van der Waals surface area contributed by atoms with Crippen LogP contribution in [0.25, 0.3) is 0 Å². The van der Waals surface area contributed by atoms with Crippen molar-refractivity contribution in [1.29, 1.82) is 0 Å². The van der Waals surface area contributed by atoms with Crippen LogP contribution < -0.4 is 0 Å². The number of hydrogen-bond donors (Lipinski definition) is 2. The largest absolute Gasteiger partial charge is 0.709 e. The number of carbonyl (C=O) groups is 1. The minimum atomic E-state index is -2.06. The van der Waals surface area contributed by atoms with Gasteiger partial charge in [-0.2, -0.15) is 0 Å². The number of benzene rings is 1. The average Bonchev–Trinajstić information content (AvgIpc) is 2.05. The first kappa shape index (κ1) is 16.4. The molecule has 1 aromatic rings. The summed E-state index contributed by atoms with van der Waals surface area (Å²) in [7, 11) is -2.06. The van der Waals surface area contributed by atoms with Gasteiger partial charge in [-0.3, -0.25) is 0 Å². The van der Waals surface area contributed by atoms with E-state index in [9.17, 15) is 4.79 Å². The molecule has 1 aromatic carbocycles. The Kier molecular flexibility index (Phi) is 9.64. The molecule has 0 amide bonds. The Morgan fingerprint density at radius 2 is 1.64 bits per heavy atom. The van der Waals surface area contributed by atoms with E-state index < -0.39 is 13.3 Å². The minimum absolute atomic E-state index is 0. The SMILES string of the molecule is O=C(OB(O)O)c1ccccc1.[Zn].[Zn]. The predicted molar refractivity (Wildman–Crippen MR) is 42.0 cm³/mol. The Morgan fingerprint density at radius 1 is 1.14 bits per heavy atom. The van der Waals surface area contributed by atoms with Crippen molar-refractivity contribution in [3.8, 4) is 0 Å². The molecule has 0 aliphatic carbocycles. The van der Waals surface area contributed by atoms with Gasteiger partial charge in [0.05, 0.1) is 5.56 Å². The van der Waals surface area contributed by atoms with Crippen LogP contribution >= 0.6 is 0 Å². The fourth-order valence-electron chi connectivity index (χ4n) is 0.738.